The van der Waals surface area contributed by atoms with E-state index in [4.69, 9.17) is 0 Å². The number of aryl methyl sites for hydroxylation is 1. The Morgan fingerprint density at radius 2 is 2.22 bits per heavy atom. The molecule has 0 aromatic carbocycles. The first-order valence-corrected chi connectivity index (χ1v) is 8.05. The zero-order chi connectivity index (χ0) is 13.0. The molecule has 2 rings (SSSR count). The molecule has 1 aliphatic heterocycles. The second-order valence-electron chi connectivity index (χ2n) is 5.40. The summed E-state index contributed by atoms with van der Waals surface area (Å²) in [5, 5.41) is 3.82. The van der Waals surface area contributed by atoms with Crippen molar-refractivity contribution in [3.05, 3.63) is 21.9 Å². The largest absolute Gasteiger partial charge is 0.307 e. The highest BCUT2D eigenvalue weighted by molar-refractivity contribution is 7.12. The molecular weight excluding hydrogens is 240 g/mol. The van der Waals surface area contributed by atoms with Gasteiger partial charge in [-0.1, -0.05) is 6.92 Å². The number of likely N-dealkylation sites (tertiary alicyclic amines) is 1. The minimum atomic E-state index is 0.502. The van der Waals surface area contributed by atoms with Gasteiger partial charge in [0.05, 0.1) is 0 Å². The van der Waals surface area contributed by atoms with Crippen LogP contribution in [0.5, 0.6) is 0 Å². The lowest BCUT2D eigenvalue weighted by molar-refractivity contribution is 0.296. The highest BCUT2D eigenvalue weighted by Crippen LogP contribution is 2.24. The van der Waals surface area contributed by atoms with E-state index in [-0.39, 0.29) is 0 Å². The third kappa shape index (κ3) is 3.81. The molecule has 1 N–H and O–H groups in total. The molecule has 1 aliphatic rings. The van der Waals surface area contributed by atoms with E-state index in [1.807, 2.05) is 11.3 Å². The van der Waals surface area contributed by atoms with E-state index in [0.717, 1.165) is 0 Å². The van der Waals surface area contributed by atoms with Crippen LogP contribution in [0.25, 0.3) is 0 Å². The third-order valence-electron chi connectivity index (χ3n) is 3.94. The molecular formula is C15H26N2S. The molecule has 0 radical (unpaired) electrons. The Labute approximate surface area is 115 Å². The number of nitrogens with one attached hydrogen (secondary N) is 1. The first kappa shape index (κ1) is 14.0. The Kier molecular flexibility index (Phi) is 5.22. The van der Waals surface area contributed by atoms with Crippen molar-refractivity contribution < 1.29 is 0 Å². The van der Waals surface area contributed by atoms with Gasteiger partial charge < -0.3 is 10.2 Å². The average Bonchev–Trinajstić information content (AvgIpc) is 2.67. The lowest BCUT2D eigenvalue weighted by atomic mass is 10.1. The molecule has 0 aliphatic carbocycles. The molecule has 1 aromatic heterocycles. The fourth-order valence-corrected chi connectivity index (χ4v) is 3.65. The molecule has 1 saturated heterocycles. The number of nitrogens with zero attached hydrogens (tertiary/aromatic N) is 1. The number of hydrogen-bond donors (Lipinski definition) is 1. The van der Waals surface area contributed by atoms with Crippen molar-refractivity contribution in [2.45, 2.75) is 52.1 Å². The maximum absolute atomic E-state index is 3.82. The van der Waals surface area contributed by atoms with Gasteiger partial charge in [-0.25, -0.2) is 0 Å². The Morgan fingerprint density at radius 1 is 1.39 bits per heavy atom. The van der Waals surface area contributed by atoms with Gasteiger partial charge in [-0.2, -0.15) is 0 Å². The predicted octanol–water partition coefficient (Wildman–Crippen LogP) is 3.58. The lowest BCUT2D eigenvalue weighted by Crippen LogP contribution is -2.32. The topological polar surface area (TPSA) is 15.3 Å². The highest BCUT2D eigenvalue weighted by atomic mass is 32.1. The van der Waals surface area contributed by atoms with E-state index in [1.54, 1.807) is 0 Å². The standard InChI is InChI=1S/C15H26N2S/c1-4-17-10-5-6-14(9-11-17)16-13(3)15-8-7-12(2)18-15/h7-8,13-14,16H,4-6,9-11H2,1-3H3. The maximum Gasteiger partial charge on any atom is 0.0388 e. The van der Waals surface area contributed by atoms with E-state index in [2.05, 4.69) is 43.1 Å². The van der Waals surface area contributed by atoms with Gasteiger partial charge in [0.1, 0.15) is 0 Å². The molecule has 1 fully saturated rings. The monoisotopic (exact) mass is 266 g/mol. The van der Waals surface area contributed by atoms with Crippen molar-refractivity contribution in [2.75, 3.05) is 19.6 Å². The summed E-state index contributed by atoms with van der Waals surface area (Å²) >= 11 is 1.92. The Morgan fingerprint density at radius 3 is 2.89 bits per heavy atom. The predicted molar refractivity (Wildman–Crippen MR) is 80.4 cm³/mol. The van der Waals surface area contributed by atoms with Gasteiger partial charge in [-0.05, 0) is 64.9 Å². The van der Waals surface area contributed by atoms with Crippen molar-refractivity contribution in [3.63, 3.8) is 0 Å². The van der Waals surface area contributed by atoms with Gasteiger partial charge in [0.2, 0.25) is 0 Å². The molecule has 2 atom stereocenters. The van der Waals surface area contributed by atoms with Crippen molar-refractivity contribution in [1.82, 2.24) is 10.2 Å². The van der Waals surface area contributed by atoms with Crippen LogP contribution in [0.3, 0.4) is 0 Å². The van der Waals surface area contributed by atoms with Gasteiger partial charge in [-0.3, -0.25) is 0 Å². The van der Waals surface area contributed by atoms with Crippen LogP contribution in [0.4, 0.5) is 0 Å². The van der Waals surface area contributed by atoms with Crippen LogP contribution >= 0.6 is 11.3 Å². The van der Waals surface area contributed by atoms with Crippen LogP contribution in [0.15, 0.2) is 12.1 Å². The van der Waals surface area contributed by atoms with Gasteiger partial charge in [0, 0.05) is 21.8 Å². The van der Waals surface area contributed by atoms with Crippen molar-refractivity contribution in [2.24, 2.45) is 0 Å². The molecule has 102 valence electrons. The van der Waals surface area contributed by atoms with Crippen LogP contribution in [-0.2, 0) is 0 Å². The van der Waals surface area contributed by atoms with Crippen molar-refractivity contribution in [1.29, 1.82) is 0 Å². The molecule has 18 heavy (non-hydrogen) atoms. The third-order valence-corrected chi connectivity index (χ3v) is 5.12. The van der Waals surface area contributed by atoms with Crippen LogP contribution in [0.1, 0.15) is 48.9 Å². The minimum absolute atomic E-state index is 0.502. The first-order chi connectivity index (χ1) is 8.69. The van der Waals surface area contributed by atoms with E-state index < -0.39 is 0 Å². The maximum atomic E-state index is 3.82. The Bertz CT molecular complexity index is 361. The summed E-state index contributed by atoms with van der Waals surface area (Å²) in [7, 11) is 0. The summed E-state index contributed by atoms with van der Waals surface area (Å²) < 4.78 is 0. The van der Waals surface area contributed by atoms with Gasteiger partial charge in [0.15, 0.2) is 0 Å². The Hall–Kier alpha value is -0.380. The second-order valence-corrected chi connectivity index (χ2v) is 6.72. The SMILES string of the molecule is CCN1CCCC(NC(C)c2ccc(C)s2)CC1. The molecule has 1 aromatic rings. The fourth-order valence-electron chi connectivity index (χ4n) is 2.76. The number of thiophene rings is 1. The summed E-state index contributed by atoms with van der Waals surface area (Å²) in [6.07, 6.45) is 3.95. The van der Waals surface area contributed by atoms with Crippen LogP contribution < -0.4 is 5.32 Å². The summed E-state index contributed by atoms with van der Waals surface area (Å²) in [6, 6.07) is 5.69. The summed E-state index contributed by atoms with van der Waals surface area (Å²) in [5.74, 6) is 0. The first-order valence-electron chi connectivity index (χ1n) is 7.23. The van der Waals surface area contributed by atoms with Gasteiger partial charge >= 0.3 is 0 Å². The van der Waals surface area contributed by atoms with Crippen LogP contribution in [0.2, 0.25) is 0 Å². The number of hydrogen-bond acceptors (Lipinski definition) is 3. The molecule has 2 heterocycles. The quantitative estimate of drug-likeness (QED) is 0.896. The molecule has 0 saturated carbocycles. The van der Waals surface area contributed by atoms with Gasteiger partial charge in [0.25, 0.3) is 0 Å². The van der Waals surface area contributed by atoms with E-state index >= 15 is 0 Å². The summed E-state index contributed by atoms with van der Waals surface area (Å²) in [6.45, 7) is 10.5. The molecule has 2 unspecified atom stereocenters. The zero-order valence-electron chi connectivity index (χ0n) is 11.9. The van der Waals surface area contributed by atoms with E-state index in [9.17, 15) is 0 Å². The number of rotatable bonds is 4. The summed E-state index contributed by atoms with van der Waals surface area (Å²) in [5.41, 5.74) is 0. The molecule has 0 bridgehead atoms. The normalized spacial score (nSPS) is 23.8. The van der Waals surface area contributed by atoms with Gasteiger partial charge in [-0.15, -0.1) is 11.3 Å². The van der Waals surface area contributed by atoms with Crippen LogP contribution in [-0.4, -0.2) is 30.6 Å². The fraction of sp³-hybridized carbons (Fsp3) is 0.733. The zero-order valence-corrected chi connectivity index (χ0v) is 12.7. The Balaban J connectivity index is 1.85. The average molecular weight is 266 g/mol. The second kappa shape index (κ2) is 6.69. The van der Waals surface area contributed by atoms with Crippen molar-refractivity contribution in [3.8, 4) is 0 Å². The molecule has 3 heteroatoms. The van der Waals surface area contributed by atoms with E-state index in [1.165, 1.54) is 48.7 Å². The van der Waals surface area contributed by atoms with Crippen LogP contribution in [0, 0.1) is 6.92 Å². The highest BCUT2D eigenvalue weighted by Gasteiger charge is 2.18. The smallest absolute Gasteiger partial charge is 0.0388 e. The lowest BCUT2D eigenvalue weighted by Gasteiger charge is -2.22. The molecule has 0 amide bonds. The summed E-state index contributed by atoms with van der Waals surface area (Å²) in [4.78, 5) is 5.46. The van der Waals surface area contributed by atoms with E-state index in [0.29, 0.717) is 12.1 Å². The van der Waals surface area contributed by atoms with Crippen molar-refractivity contribution >= 4 is 11.3 Å². The molecule has 0 spiro atoms. The minimum Gasteiger partial charge on any atom is -0.307 e. The molecule has 2 nitrogen and oxygen atoms in total.